The predicted molar refractivity (Wildman–Crippen MR) is 65.2 cm³/mol. The standard InChI is InChI=1S/C12H10N2O5/c1-7-8(3-4-11(13)15)5-9(14(17)18)6-10(7)12(16)19-2/h5-6H,1-2H3,(H2,13,15). The number of rotatable bonds is 2. The Balaban J connectivity index is 3.51. The highest BCUT2D eigenvalue weighted by molar-refractivity contribution is 5.94. The second-order valence-corrected chi connectivity index (χ2v) is 3.53. The summed E-state index contributed by atoms with van der Waals surface area (Å²) in [4.78, 5) is 32.2. The zero-order valence-corrected chi connectivity index (χ0v) is 10.2. The van der Waals surface area contributed by atoms with Gasteiger partial charge in [0.2, 0.25) is 0 Å². The van der Waals surface area contributed by atoms with E-state index >= 15 is 0 Å². The number of hydrogen-bond donors (Lipinski definition) is 1. The Kier molecular flexibility index (Phi) is 4.21. The zero-order valence-electron chi connectivity index (χ0n) is 10.2. The van der Waals surface area contributed by atoms with Gasteiger partial charge in [-0.2, -0.15) is 0 Å². The van der Waals surface area contributed by atoms with Gasteiger partial charge in [0.1, 0.15) is 0 Å². The third-order valence-electron chi connectivity index (χ3n) is 2.33. The quantitative estimate of drug-likeness (QED) is 0.361. The van der Waals surface area contributed by atoms with E-state index in [1.807, 2.05) is 0 Å². The van der Waals surface area contributed by atoms with Crippen molar-refractivity contribution in [2.45, 2.75) is 6.92 Å². The Morgan fingerprint density at radius 1 is 1.42 bits per heavy atom. The van der Waals surface area contributed by atoms with Gasteiger partial charge in [-0.1, -0.05) is 5.92 Å². The van der Waals surface area contributed by atoms with Crippen LogP contribution >= 0.6 is 0 Å². The summed E-state index contributed by atoms with van der Waals surface area (Å²) in [5, 5.41) is 10.8. The number of esters is 1. The number of amides is 1. The first-order valence-corrected chi connectivity index (χ1v) is 5.05. The lowest BCUT2D eigenvalue weighted by molar-refractivity contribution is -0.384. The number of benzene rings is 1. The predicted octanol–water partition coefficient (Wildman–Crippen LogP) is 0.527. The van der Waals surface area contributed by atoms with E-state index in [-0.39, 0.29) is 16.8 Å². The first-order chi connectivity index (χ1) is 8.86. The smallest absolute Gasteiger partial charge is 0.338 e. The van der Waals surface area contributed by atoms with Crippen molar-refractivity contribution in [3.05, 3.63) is 38.9 Å². The summed E-state index contributed by atoms with van der Waals surface area (Å²) < 4.78 is 4.53. The molecule has 7 nitrogen and oxygen atoms in total. The number of primary amides is 1. The molecule has 0 radical (unpaired) electrons. The minimum atomic E-state index is -0.870. The minimum Gasteiger partial charge on any atom is -0.465 e. The molecule has 1 rings (SSSR count). The molecular formula is C12H10N2O5. The molecule has 1 aromatic carbocycles. The Morgan fingerprint density at radius 2 is 2.05 bits per heavy atom. The van der Waals surface area contributed by atoms with Gasteiger partial charge in [0.25, 0.3) is 11.6 Å². The summed E-state index contributed by atoms with van der Waals surface area (Å²) in [7, 11) is 1.16. The summed E-state index contributed by atoms with van der Waals surface area (Å²) in [5.74, 6) is 2.87. The molecule has 0 bridgehead atoms. The Morgan fingerprint density at radius 3 is 2.53 bits per heavy atom. The van der Waals surface area contributed by atoms with Crippen LogP contribution in [0.2, 0.25) is 0 Å². The molecule has 0 aliphatic carbocycles. The first kappa shape index (κ1) is 14.2. The molecule has 98 valence electrons. The molecule has 0 saturated carbocycles. The van der Waals surface area contributed by atoms with E-state index in [4.69, 9.17) is 5.73 Å². The largest absolute Gasteiger partial charge is 0.465 e. The van der Waals surface area contributed by atoms with Crippen molar-refractivity contribution in [3.8, 4) is 11.8 Å². The van der Waals surface area contributed by atoms with Crippen LogP contribution < -0.4 is 5.73 Å². The van der Waals surface area contributed by atoms with Crippen molar-refractivity contribution < 1.29 is 19.2 Å². The summed E-state index contributed by atoms with van der Waals surface area (Å²) in [6.07, 6.45) is 0. The molecule has 0 aliphatic heterocycles. The van der Waals surface area contributed by atoms with Crippen LogP contribution in [-0.2, 0) is 9.53 Å². The van der Waals surface area contributed by atoms with Gasteiger partial charge in [-0.15, -0.1) is 0 Å². The number of non-ortho nitro benzene ring substituents is 1. The number of nitro groups is 1. The average Bonchev–Trinajstić information content (AvgIpc) is 2.36. The molecule has 1 amide bonds. The van der Waals surface area contributed by atoms with Gasteiger partial charge < -0.3 is 10.5 Å². The van der Waals surface area contributed by atoms with Crippen molar-refractivity contribution in [2.24, 2.45) is 5.73 Å². The van der Waals surface area contributed by atoms with E-state index in [1.165, 1.54) is 0 Å². The number of methoxy groups -OCH3 is 1. The number of carbonyl (C=O) groups is 2. The second kappa shape index (κ2) is 5.64. The van der Waals surface area contributed by atoms with Crippen LogP contribution in [0.5, 0.6) is 0 Å². The van der Waals surface area contributed by atoms with Gasteiger partial charge in [0, 0.05) is 17.7 Å². The Labute approximate surface area is 108 Å². The van der Waals surface area contributed by atoms with Gasteiger partial charge in [0.05, 0.1) is 17.6 Å². The highest BCUT2D eigenvalue weighted by Gasteiger charge is 2.18. The molecule has 0 spiro atoms. The molecule has 0 saturated heterocycles. The van der Waals surface area contributed by atoms with Crippen LogP contribution in [0, 0.1) is 28.9 Å². The third kappa shape index (κ3) is 3.29. The number of hydrogen-bond acceptors (Lipinski definition) is 5. The summed E-state index contributed by atoms with van der Waals surface area (Å²) >= 11 is 0. The van der Waals surface area contributed by atoms with Gasteiger partial charge >= 0.3 is 5.97 Å². The van der Waals surface area contributed by atoms with E-state index in [0.29, 0.717) is 5.56 Å². The second-order valence-electron chi connectivity index (χ2n) is 3.53. The van der Waals surface area contributed by atoms with Gasteiger partial charge in [-0.05, 0) is 18.4 Å². The molecule has 19 heavy (non-hydrogen) atoms. The number of ether oxygens (including phenoxy) is 1. The van der Waals surface area contributed by atoms with E-state index in [1.54, 1.807) is 6.92 Å². The lowest BCUT2D eigenvalue weighted by Crippen LogP contribution is -2.08. The lowest BCUT2D eigenvalue weighted by atomic mass is 10.0. The maximum absolute atomic E-state index is 11.5. The van der Waals surface area contributed by atoms with Crippen LogP contribution in [0.3, 0.4) is 0 Å². The summed E-state index contributed by atoms with van der Waals surface area (Å²) in [6.45, 7) is 1.54. The highest BCUT2D eigenvalue weighted by atomic mass is 16.6. The van der Waals surface area contributed by atoms with E-state index in [9.17, 15) is 19.7 Å². The van der Waals surface area contributed by atoms with Crippen molar-refractivity contribution in [3.63, 3.8) is 0 Å². The molecule has 0 aromatic heterocycles. The fourth-order valence-corrected chi connectivity index (χ4v) is 1.39. The van der Waals surface area contributed by atoms with Crippen molar-refractivity contribution >= 4 is 17.6 Å². The fourth-order valence-electron chi connectivity index (χ4n) is 1.39. The number of nitrogens with two attached hydrogens (primary N) is 1. The molecule has 2 N–H and O–H groups in total. The Bertz CT molecular complexity index is 625. The van der Waals surface area contributed by atoms with Gasteiger partial charge in [-0.3, -0.25) is 14.9 Å². The number of carbonyl (C=O) groups excluding carboxylic acids is 2. The maximum atomic E-state index is 11.5. The average molecular weight is 262 g/mol. The summed E-state index contributed by atoms with van der Waals surface area (Å²) in [6, 6.07) is 2.26. The molecule has 7 heteroatoms. The molecular weight excluding hydrogens is 252 g/mol. The summed E-state index contributed by atoms with van der Waals surface area (Å²) in [5.41, 5.74) is 5.13. The maximum Gasteiger partial charge on any atom is 0.338 e. The van der Waals surface area contributed by atoms with Crippen LogP contribution in [0.25, 0.3) is 0 Å². The van der Waals surface area contributed by atoms with Crippen molar-refractivity contribution in [1.29, 1.82) is 0 Å². The van der Waals surface area contributed by atoms with Gasteiger partial charge in [-0.25, -0.2) is 4.79 Å². The zero-order chi connectivity index (χ0) is 14.6. The molecule has 0 heterocycles. The third-order valence-corrected chi connectivity index (χ3v) is 2.33. The van der Waals surface area contributed by atoms with E-state index in [2.05, 4.69) is 16.6 Å². The highest BCUT2D eigenvalue weighted by Crippen LogP contribution is 2.22. The SMILES string of the molecule is COC(=O)c1cc([N+](=O)[O-])cc(C#CC(N)=O)c1C. The van der Waals surface area contributed by atoms with Gasteiger partial charge in [0.15, 0.2) is 0 Å². The van der Waals surface area contributed by atoms with Crippen LogP contribution in [0.1, 0.15) is 21.5 Å². The molecule has 0 aliphatic rings. The van der Waals surface area contributed by atoms with Crippen LogP contribution in [0.4, 0.5) is 5.69 Å². The fraction of sp³-hybridized carbons (Fsp3) is 0.167. The number of nitro benzene ring substituents is 1. The monoisotopic (exact) mass is 262 g/mol. The van der Waals surface area contributed by atoms with E-state index in [0.717, 1.165) is 19.2 Å². The topological polar surface area (TPSA) is 113 Å². The van der Waals surface area contributed by atoms with E-state index < -0.39 is 16.8 Å². The first-order valence-electron chi connectivity index (χ1n) is 5.05. The number of nitrogens with zero attached hydrogens (tertiary/aromatic N) is 1. The molecule has 0 atom stereocenters. The normalized spacial score (nSPS) is 9.16. The minimum absolute atomic E-state index is 0.0190. The molecule has 0 unspecified atom stereocenters. The van der Waals surface area contributed by atoms with Crippen molar-refractivity contribution in [1.82, 2.24) is 0 Å². The van der Waals surface area contributed by atoms with Crippen molar-refractivity contribution in [2.75, 3.05) is 7.11 Å². The lowest BCUT2D eigenvalue weighted by Gasteiger charge is -2.06. The van der Waals surface area contributed by atoms with Crippen LogP contribution in [-0.4, -0.2) is 23.9 Å². The van der Waals surface area contributed by atoms with Crippen LogP contribution in [0.15, 0.2) is 12.1 Å². The molecule has 0 fully saturated rings. The Hall–Kier alpha value is -2.88. The molecule has 1 aromatic rings.